The van der Waals surface area contributed by atoms with Gasteiger partial charge in [0.15, 0.2) is 0 Å². The van der Waals surface area contributed by atoms with Gasteiger partial charge in [0.1, 0.15) is 0 Å². The summed E-state index contributed by atoms with van der Waals surface area (Å²) in [6.45, 7) is 3.95. The van der Waals surface area contributed by atoms with Crippen LogP contribution in [0.5, 0.6) is 0 Å². The molecule has 0 amide bonds. The molecule has 3 atom stereocenters. The van der Waals surface area contributed by atoms with Gasteiger partial charge in [0.05, 0.1) is 0 Å². The van der Waals surface area contributed by atoms with E-state index in [9.17, 15) is 16.8 Å². The fourth-order valence-electron chi connectivity index (χ4n) is 2.18. The fourth-order valence-corrected chi connectivity index (χ4v) is 3.97. The van der Waals surface area contributed by atoms with Crippen LogP contribution in [0.25, 0.3) is 10.6 Å². The van der Waals surface area contributed by atoms with Crippen molar-refractivity contribution in [2.24, 2.45) is 5.92 Å². The quantitative estimate of drug-likeness (QED) is 0.445. The maximum Gasteiger partial charge on any atom is 2.00 e. The summed E-state index contributed by atoms with van der Waals surface area (Å²) in [4.78, 5) is 0. The van der Waals surface area contributed by atoms with Crippen LogP contribution in [-0.2, 0) is 48.0 Å². The topological polar surface area (TPSA) is 203 Å². The normalized spacial score (nSPS) is 25.4. The van der Waals surface area contributed by atoms with E-state index >= 15 is 0 Å². The largest absolute Gasteiger partial charge is 2.00 e. The summed E-state index contributed by atoms with van der Waals surface area (Å²) in [5.41, 5.74) is 0.523. The van der Waals surface area contributed by atoms with Gasteiger partial charge in [-0.1, -0.05) is 37.5 Å². The van der Waals surface area contributed by atoms with E-state index in [1.165, 1.54) is 6.20 Å². The molecule has 2 aliphatic rings. The maximum absolute atomic E-state index is 10.7. The molecular weight excluding hydrogens is 423 g/mol. The van der Waals surface area contributed by atoms with Gasteiger partial charge in [0.2, 0.25) is 10.1 Å². The second-order valence-electron chi connectivity index (χ2n) is 5.20. The zero-order valence-corrected chi connectivity index (χ0v) is 16.5. The molecule has 25 heavy (non-hydrogen) atoms. The van der Waals surface area contributed by atoms with Crippen molar-refractivity contribution < 1.29 is 53.7 Å². The van der Waals surface area contributed by atoms with Crippen LogP contribution in [0.2, 0.25) is 0 Å². The molecule has 0 bridgehead atoms. The summed E-state index contributed by atoms with van der Waals surface area (Å²) < 4.78 is 59.8. The van der Waals surface area contributed by atoms with Crippen molar-refractivity contribution in [3.8, 4) is 0 Å². The van der Waals surface area contributed by atoms with Crippen molar-refractivity contribution in [1.82, 2.24) is 0 Å². The third-order valence-corrected chi connectivity index (χ3v) is 5.54. The smallest absolute Gasteiger partial charge is 0.670 e. The molecule has 0 spiro atoms. The van der Waals surface area contributed by atoms with Gasteiger partial charge >= 0.3 is 16.8 Å². The van der Waals surface area contributed by atoms with E-state index in [2.05, 4.69) is 10.6 Å². The van der Waals surface area contributed by atoms with E-state index < -0.39 is 31.0 Å². The first kappa shape index (κ1) is 29.3. The van der Waals surface area contributed by atoms with Crippen molar-refractivity contribution in [2.75, 3.05) is 6.54 Å². The molecule has 0 aliphatic carbocycles. The molecule has 10 nitrogen and oxygen atoms in total. The molecule has 0 aromatic rings. The van der Waals surface area contributed by atoms with E-state index in [0.717, 1.165) is 12.8 Å². The Hall–Kier alpha value is -0.514. The first-order valence-electron chi connectivity index (χ1n) is 6.66. The van der Waals surface area contributed by atoms with Crippen molar-refractivity contribution >= 4 is 20.2 Å². The fraction of sp³-hybridized carbons (Fsp3) is 0.667. The van der Waals surface area contributed by atoms with E-state index in [-0.39, 0.29) is 33.6 Å². The van der Waals surface area contributed by atoms with Crippen molar-refractivity contribution in [3.05, 3.63) is 34.6 Å². The Labute approximate surface area is 158 Å². The van der Waals surface area contributed by atoms with Crippen LogP contribution in [0.1, 0.15) is 26.7 Å². The van der Waals surface area contributed by atoms with Crippen LogP contribution in [-0.4, -0.2) is 43.2 Å². The van der Waals surface area contributed by atoms with Gasteiger partial charge < -0.3 is 21.6 Å². The predicted octanol–water partition coefficient (Wildman–Crippen LogP) is 0.205. The van der Waals surface area contributed by atoms with Gasteiger partial charge in [-0.3, -0.25) is 9.11 Å². The van der Waals surface area contributed by atoms with Gasteiger partial charge in [0.25, 0.3) is 10.1 Å². The third-order valence-electron chi connectivity index (χ3n) is 3.26. The average molecular weight is 449 g/mol. The van der Waals surface area contributed by atoms with E-state index in [1.54, 1.807) is 26.0 Å². The zero-order valence-electron chi connectivity index (χ0n) is 13.8. The molecule has 0 aromatic heterocycles. The monoisotopic (exact) mass is 449 g/mol. The number of allylic oxidation sites excluding steroid dienone is 2. The third kappa shape index (κ3) is 9.67. The number of piperidine rings is 1. The van der Waals surface area contributed by atoms with E-state index in [4.69, 9.17) is 9.11 Å². The van der Waals surface area contributed by atoms with Gasteiger partial charge in [-0.15, -0.1) is 6.54 Å². The molecule has 1 radical (unpaired) electrons. The first-order chi connectivity index (χ1) is 10.0. The summed E-state index contributed by atoms with van der Waals surface area (Å²) in [5.74, 6) is -0.0428. The number of hydrogen-bond acceptors (Lipinski definition) is 4. The average Bonchev–Trinajstić information content (AvgIpc) is 2.37. The maximum atomic E-state index is 10.7. The second-order valence-corrected chi connectivity index (χ2v) is 8.19. The van der Waals surface area contributed by atoms with Crippen LogP contribution in [0, 0.1) is 5.92 Å². The predicted molar refractivity (Wildman–Crippen MR) is 93.3 cm³/mol. The standard InChI is InChI=1S/C6H12NO3S.C6H8NO3S.Co.2H2O/c2*1-5-3-2-4-7-6(5)11(8,9)10;;;/h5-6H,2-4H2,1H3,(H,8,9,10);2-4,6H,1H3,(H,8,9,10);;2*1H2/q2*-1;+2;;/p+2. The molecule has 2 aliphatic heterocycles. The number of nitrogens with zero attached hydrogens (tertiary/aromatic N) is 2. The van der Waals surface area contributed by atoms with Crippen LogP contribution >= 0.6 is 0 Å². The molecule has 1 saturated heterocycles. The van der Waals surface area contributed by atoms with Crippen molar-refractivity contribution in [2.45, 2.75) is 37.4 Å². The van der Waals surface area contributed by atoms with Crippen LogP contribution < -0.4 is 0 Å². The van der Waals surface area contributed by atoms with Gasteiger partial charge in [-0.05, 0) is 18.2 Å². The van der Waals surface area contributed by atoms with Crippen LogP contribution in [0.4, 0.5) is 0 Å². The molecule has 2 rings (SSSR count). The Bertz CT molecular complexity index is 648. The first-order valence-corrected chi connectivity index (χ1v) is 9.66. The zero-order chi connectivity index (χ0) is 17.0. The number of rotatable bonds is 2. The number of hydrogen-bond donors (Lipinski definition) is 2. The Morgan fingerprint density at radius 1 is 1.12 bits per heavy atom. The molecule has 0 saturated carbocycles. The second kappa shape index (κ2) is 12.0. The molecule has 8 N–H and O–H groups in total. The molecule has 13 heteroatoms. The summed E-state index contributed by atoms with van der Waals surface area (Å²) in [6, 6.07) is 0. The molecule has 3 unspecified atom stereocenters. The minimum atomic E-state index is -4.06. The summed E-state index contributed by atoms with van der Waals surface area (Å²) in [5, 5.41) is 5.46. The summed E-state index contributed by atoms with van der Waals surface area (Å²) in [7, 11) is -8.00. The Kier molecular flexibility index (Phi) is 14.0. The Morgan fingerprint density at radius 2 is 1.68 bits per heavy atom. The molecule has 1 fully saturated rings. The van der Waals surface area contributed by atoms with E-state index in [0.29, 0.717) is 12.1 Å². The van der Waals surface area contributed by atoms with Crippen molar-refractivity contribution in [1.29, 1.82) is 0 Å². The molecule has 2 heterocycles. The summed E-state index contributed by atoms with van der Waals surface area (Å²) in [6.07, 6.45) is 6.33. The molecule has 0 aromatic carbocycles. The molecule has 151 valence electrons. The van der Waals surface area contributed by atoms with Crippen molar-refractivity contribution in [3.63, 3.8) is 0 Å². The van der Waals surface area contributed by atoms with Gasteiger partial charge in [0, 0.05) is 5.37 Å². The van der Waals surface area contributed by atoms with Crippen LogP contribution in [0.3, 0.4) is 0 Å². The van der Waals surface area contributed by atoms with Crippen LogP contribution in [0.15, 0.2) is 23.9 Å². The van der Waals surface area contributed by atoms with Gasteiger partial charge in [-0.2, -0.15) is 6.20 Å². The Morgan fingerprint density at radius 3 is 2.00 bits per heavy atom. The minimum Gasteiger partial charge on any atom is -0.670 e. The van der Waals surface area contributed by atoms with E-state index in [1.807, 2.05) is 0 Å². The molecular formula is C12H26CoN2O8S2+2. The SMILES string of the molecule is CC1=CC=C[N-]C1S(=O)(=O)O.CC1CCC[N-]C1S(=O)(=O)O.[Co+2].[OH3+].[OH3+]. The summed E-state index contributed by atoms with van der Waals surface area (Å²) >= 11 is 0. The minimum absolute atomic E-state index is 0. The van der Waals surface area contributed by atoms with Gasteiger partial charge in [-0.25, -0.2) is 16.8 Å². The Balaban J connectivity index is -0.000000346.